The first kappa shape index (κ1) is 30.9. The molecule has 4 aromatic heterocycles. The molecule has 1 aliphatic carbocycles. The van der Waals surface area contributed by atoms with Crippen LogP contribution in [0.25, 0.3) is 33.0 Å². The maximum Gasteiger partial charge on any atom is 0.356 e. The maximum atomic E-state index is 12.5. The zero-order chi connectivity index (χ0) is 33.4. The number of ether oxygens (including phenoxy) is 2. The van der Waals surface area contributed by atoms with Gasteiger partial charge in [0.1, 0.15) is 23.1 Å². The molecule has 48 heavy (non-hydrogen) atoms. The molecule has 1 aromatic carbocycles. The number of carbonyl (C=O) groups is 3. The van der Waals surface area contributed by atoms with Gasteiger partial charge in [0.05, 0.1) is 32.2 Å². The van der Waals surface area contributed by atoms with E-state index in [1.54, 1.807) is 25.6 Å². The third kappa shape index (κ3) is 6.19. The van der Waals surface area contributed by atoms with Crippen LogP contribution in [0.1, 0.15) is 42.0 Å². The van der Waals surface area contributed by atoms with E-state index in [4.69, 9.17) is 9.47 Å². The summed E-state index contributed by atoms with van der Waals surface area (Å²) in [6.45, 7) is 3.62. The fourth-order valence-corrected chi connectivity index (χ4v) is 5.99. The van der Waals surface area contributed by atoms with Crippen LogP contribution in [0.2, 0.25) is 0 Å². The van der Waals surface area contributed by atoms with E-state index in [1.807, 2.05) is 53.5 Å². The number of hydrogen-bond acceptors (Lipinski definition) is 10. The minimum absolute atomic E-state index is 0.0252. The van der Waals surface area contributed by atoms with Gasteiger partial charge in [0.15, 0.2) is 0 Å². The quantitative estimate of drug-likeness (QED) is 0.204. The largest absolute Gasteiger partial charge is 0.495 e. The van der Waals surface area contributed by atoms with Gasteiger partial charge in [-0.3, -0.25) is 19.2 Å². The Kier molecular flexibility index (Phi) is 8.27. The molecule has 1 saturated heterocycles. The van der Waals surface area contributed by atoms with E-state index in [1.165, 1.54) is 14.0 Å². The third-order valence-electron chi connectivity index (χ3n) is 8.59. The molecule has 13 nitrogen and oxygen atoms in total. The summed E-state index contributed by atoms with van der Waals surface area (Å²) >= 11 is 0. The molecule has 2 N–H and O–H groups in total. The van der Waals surface area contributed by atoms with Crippen LogP contribution < -0.4 is 15.4 Å². The van der Waals surface area contributed by atoms with Crippen LogP contribution in [0.4, 0.5) is 11.6 Å². The lowest BCUT2D eigenvalue weighted by atomic mass is 9.96. The molecule has 1 aliphatic heterocycles. The molecule has 2 fully saturated rings. The first-order valence-corrected chi connectivity index (χ1v) is 15.7. The maximum absolute atomic E-state index is 12.5. The molecule has 2 aliphatic rings. The smallest absolute Gasteiger partial charge is 0.356 e. The number of pyridine rings is 3. The number of fused-ring (bicyclic) bond motifs is 1. The number of para-hydroxylation sites is 1. The van der Waals surface area contributed by atoms with Crippen molar-refractivity contribution < 1.29 is 23.9 Å². The highest BCUT2D eigenvalue weighted by molar-refractivity contribution is 6.07. The number of hydrogen-bond donors (Lipinski definition) is 2. The van der Waals surface area contributed by atoms with E-state index >= 15 is 0 Å². The Labute approximate surface area is 276 Å². The molecule has 13 heteroatoms. The summed E-state index contributed by atoms with van der Waals surface area (Å²) in [6.07, 6.45) is 8.93. The number of likely N-dealkylation sites (tertiary alicyclic amines) is 1. The van der Waals surface area contributed by atoms with Crippen LogP contribution in [-0.4, -0.2) is 74.7 Å². The van der Waals surface area contributed by atoms with Crippen molar-refractivity contribution in [1.29, 1.82) is 0 Å². The second-order valence-corrected chi connectivity index (χ2v) is 12.0. The second kappa shape index (κ2) is 12.8. The lowest BCUT2D eigenvalue weighted by Gasteiger charge is -2.39. The number of amides is 2. The Morgan fingerprint density at radius 3 is 2.46 bits per heavy atom. The SMILES string of the molecule is COC(=O)c1cccc(CN2CC(n3cc(-c4cccc(-c5cnc(NC(C)=O)c6cnc(NC(=O)C7CC7)cc56)c4OC)cn3)C2)n1. The molecule has 1 saturated carbocycles. The van der Waals surface area contributed by atoms with Crippen LogP contribution in [-0.2, 0) is 20.9 Å². The number of rotatable bonds is 10. The Morgan fingerprint density at radius 2 is 1.71 bits per heavy atom. The van der Waals surface area contributed by atoms with Crippen LogP contribution in [0.5, 0.6) is 5.75 Å². The first-order valence-electron chi connectivity index (χ1n) is 15.7. The highest BCUT2D eigenvalue weighted by Crippen LogP contribution is 2.42. The number of carbonyl (C=O) groups excluding carboxylic acids is 3. The van der Waals surface area contributed by atoms with Gasteiger partial charge >= 0.3 is 5.97 Å². The van der Waals surface area contributed by atoms with E-state index in [2.05, 4.69) is 35.6 Å². The summed E-state index contributed by atoms with van der Waals surface area (Å²) in [5.74, 6) is 0.725. The van der Waals surface area contributed by atoms with Gasteiger partial charge in [0.2, 0.25) is 11.8 Å². The van der Waals surface area contributed by atoms with Gasteiger partial charge < -0.3 is 20.1 Å². The first-order chi connectivity index (χ1) is 23.3. The summed E-state index contributed by atoms with van der Waals surface area (Å²) in [4.78, 5) is 52.0. The van der Waals surface area contributed by atoms with E-state index < -0.39 is 5.97 Å². The van der Waals surface area contributed by atoms with Gasteiger partial charge in [-0.05, 0) is 31.0 Å². The zero-order valence-electron chi connectivity index (χ0n) is 26.8. The van der Waals surface area contributed by atoms with Crippen molar-refractivity contribution in [2.75, 3.05) is 37.9 Å². The highest BCUT2D eigenvalue weighted by atomic mass is 16.5. The molecular formula is C35H34N8O5. The van der Waals surface area contributed by atoms with E-state index in [-0.39, 0.29) is 23.8 Å². The molecule has 0 bridgehead atoms. The van der Waals surface area contributed by atoms with Gasteiger partial charge in [-0.25, -0.2) is 19.7 Å². The van der Waals surface area contributed by atoms with Crippen LogP contribution >= 0.6 is 0 Å². The Bertz CT molecular complexity index is 2050. The molecule has 5 heterocycles. The molecule has 5 aromatic rings. The Hall–Kier alpha value is -5.69. The summed E-state index contributed by atoms with van der Waals surface area (Å²) < 4.78 is 12.8. The second-order valence-electron chi connectivity index (χ2n) is 12.0. The minimum atomic E-state index is -0.451. The summed E-state index contributed by atoms with van der Waals surface area (Å²) in [5, 5.41) is 11.8. The third-order valence-corrected chi connectivity index (χ3v) is 8.59. The Morgan fingerprint density at radius 1 is 0.917 bits per heavy atom. The zero-order valence-corrected chi connectivity index (χ0v) is 26.8. The van der Waals surface area contributed by atoms with Gasteiger partial charge in [-0.2, -0.15) is 5.10 Å². The number of methoxy groups -OCH3 is 2. The monoisotopic (exact) mass is 646 g/mol. The van der Waals surface area contributed by atoms with Crippen molar-refractivity contribution in [1.82, 2.24) is 29.6 Å². The van der Waals surface area contributed by atoms with Crippen molar-refractivity contribution in [2.45, 2.75) is 32.4 Å². The standard InChI is InChI=1S/C35H34N8O5/c1-20(44)39-33-29-15-36-31(41-34(45)21-10-11-21)12-27(29)28(14-37-33)26-8-5-7-25(32(26)47-2)22-13-38-43(16-22)24-18-42(19-24)17-23-6-4-9-30(40-23)35(46)48-3/h4-9,12-16,21,24H,10-11,17-19H2,1-3H3,(H,36,41,45)(H,37,39,44). The molecule has 0 atom stereocenters. The highest BCUT2D eigenvalue weighted by Gasteiger charge is 2.31. The number of aromatic nitrogens is 5. The normalized spacial score (nSPS) is 14.7. The van der Waals surface area contributed by atoms with Crippen molar-refractivity contribution >= 4 is 40.2 Å². The summed E-state index contributed by atoms with van der Waals surface area (Å²) in [6, 6.07) is 13.2. The molecule has 0 spiro atoms. The van der Waals surface area contributed by atoms with Gasteiger partial charge in [0, 0.05) is 84.1 Å². The predicted octanol–water partition coefficient (Wildman–Crippen LogP) is 4.71. The van der Waals surface area contributed by atoms with Gasteiger partial charge in [0.25, 0.3) is 0 Å². The molecule has 0 unspecified atom stereocenters. The minimum Gasteiger partial charge on any atom is -0.495 e. The van der Waals surface area contributed by atoms with Crippen molar-refractivity contribution in [3.05, 3.63) is 78.6 Å². The lowest BCUT2D eigenvalue weighted by Crippen LogP contribution is -2.47. The van der Waals surface area contributed by atoms with Crippen LogP contribution in [0.3, 0.4) is 0 Å². The predicted molar refractivity (Wildman–Crippen MR) is 178 cm³/mol. The van der Waals surface area contributed by atoms with Crippen LogP contribution in [0, 0.1) is 5.92 Å². The van der Waals surface area contributed by atoms with Gasteiger partial charge in [-0.1, -0.05) is 24.3 Å². The van der Waals surface area contributed by atoms with E-state index in [0.717, 1.165) is 59.3 Å². The molecule has 244 valence electrons. The number of nitrogens with one attached hydrogen (secondary N) is 2. The van der Waals surface area contributed by atoms with E-state index in [9.17, 15) is 14.4 Å². The summed E-state index contributed by atoms with van der Waals surface area (Å²) in [7, 11) is 2.97. The molecular weight excluding hydrogens is 612 g/mol. The average Bonchev–Trinajstić information content (AvgIpc) is 3.83. The number of esters is 1. The molecule has 7 rings (SSSR count). The molecule has 2 amide bonds. The average molecular weight is 647 g/mol. The number of nitrogens with zero attached hydrogens (tertiary/aromatic N) is 6. The fraction of sp³-hybridized carbons (Fsp3) is 0.286. The Balaban J connectivity index is 1.15. The lowest BCUT2D eigenvalue weighted by molar-refractivity contribution is -0.117. The molecule has 0 radical (unpaired) electrons. The van der Waals surface area contributed by atoms with Crippen molar-refractivity contribution in [3.8, 4) is 28.0 Å². The van der Waals surface area contributed by atoms with Crippen molar-refractivity contribution in [3.63, 3.8) is 0 Å². The number of anilines is 2. The van der Waals surface area contributed by atoms with Gasteiger partial charge in [-0.15, -0.1) is 0 Å². The summed E-state index contributed by atoms with van der Waals surface area (Å²) in [5.41, 5.74) is 4.40. The van der Waals surface area contributed by atoms with Crippen LogP contribution in [0.15, 0.2) is 67.3 Å². The van der Waals surface area contributed by atoms with Crippen molar-refractivity contribution in [2.24, 2.45) is 5.92 Å². The van der Waals surface area contributed by atoms with E-state index in [0.29, 0.717) is 35.0 Å². The fourth-order valence-electron chi connectivity index (χ4n) is 5.99. The topological polar surface area (TPSA) is 153 Å². The number of benzene rings is 1.